The van der Waals surface area contributed by atoms with Crippen molar-refractivity contribution in [3.8, 4) is 5.75 Å². The highest BCUT2D eigenvalue weighted by atomic mass is 35.5. The predicted molar refractivity (Wildman–Crippen MR) is 85.6 cm³/mol. The van der Waals surface area contributed by atoms with E-state index >= 15 is 0 Å². The van der Waals surface area contributed by atoms with Crippen molar-refractivity contribution in [1.29, 1.82) is 0 Å². The quantitative estimate of drug-likeness (QED) is 0.913. The molecule has 0 saturated carbocycles. The average molecular weight is 335 g/mol. The minimum Gasteiger partial charge on any atom is -0.497 e. The molecule has 1 aromatic rings. The maximum Gasteiger partial charge on any atom is 0.243 e. The summed E-state index contributed by atoms with van der Waals surface area (Å²) in [5.41, 5.74) is 6.43. The van der Waals surface area contributed by atoms with Gasteiger partial charge in [0.15, 0.2) is 0 Å². The molecular formula is C14H23ClN2O3S. The number of methoxy groups -OCH3 is 1. The average Bonchev–Trinajstić information content (AvgIpc) is 2.46. The Morgan fingerprint density at radius 1 is 1.38 bits per heavy atom. The van der Waals surface area contributed by atoms with Gasteiger partial charge in [-0.3, -0.25) is 0 Å². The van der Waals surface area contributed by atoms with Crippen molar-refractivity contribution in [3.05, 3.63) is 23.8 Å². The smallest absolute Gasteiger partial charge is 0.243 e. The summed E-state index contributed by atoms with van der Waals surface area (Å²) in [5, 5.41) is 0. The largest absolute Gasteiger partial charge is 0.497 e. The van der Waals surface area contributed by atoms with Gasteiger partial charge in [0.2, 0.25) is 10.0 Å². The second-order valence-electron chi connectivity index (χ2n) is 5.13. The van der Waals surface area contributed by atoms with E-state index in [1.165, 1.54) is 0 Å². The van der Waals surface area contributed by atoms with Crippen LogP contribution < -0.4 is 10.5 Å². The van der Waals surface area contributed by atoms with E-state index in [1.54, 1.807) is 36.5 Å². The van der Waals surface area contributed by atoms with Gasteiger partial charge in [-0.1, -0.05) is 6.42 Å². The molecule has 0 amide bonds. The summed E-state index contributed by atoms with van der Waals surface area (Å²) in [6, 6.07) is 4.96. The molecule has 21 heavy (non-hydrogen) atoms. The summed E-state index contributed by atoms with van der Waals surface area (Å²) in [6.07, 6.45) is 2.77. The third-order valence-corrected chi connectivity index (χ3v) is 5.93. The number of piperidine rings is 1. The van der Waals surface area contributed by atoms with Gasteiger partial charge in [-0.15, -0.1) is 12.4 Å². The zero-order valence-corrected chi connectivity index (χ0v) is 14.0. The Labute approximate surface area is 132 Å². The Balaban J connectivity index is 0.00000220. The molecule has 1 atom stereocenters. The van der Waals surface area contributed by atoms with E-state index in [0.717, 1.165) is 19.3 Å². The van der Waals surface area contributed by atoms with Crippen molar-refractivity contribution in [2.75, 3.05) is 20.2 Å². The lowest BCUT2D eigenvalue weighted by molar-refractivity contribution is 0.257. The number of ether oxygens (including phenoxy) is 1. The summed E-state index contributed by atoms with van der Waals surface area (Å²) in [5.74, 6) is 0.662. The minimum absolute atomic E-state index is 0. The van der Waals surface area contributed by atoms with Crippen LogP contribution in [0.1, 0.15) is 24.8 Å². The van der Waals surface area contributed by atoms with Crippen LogP contribution >= 0.6 is 12.4 Å². The first-order valence-corrected chi connectivity index (χ1v) is 8.31. The highest BCUT2D eigenvalue weighted by molar-refractivity contribution is 7.89. The van der Waals surface area contributed by atoms with Gasteiger partial charge in [0.1, 0.15) is 5.75 Å². The first-order valence-electron chi connectivity index (χ1n) is 6.87. The number of aryl methyl sites for hydroxylation is 1. The normalized spacial score (nSPS) is 19.9. The molecule has 1 saturated heterocycles. The maximum atomic E-state index is 12.8. The van der Waals surface area contributed by atoms with E-state index in [-0.39, 0.29) is 18.4 Å². The molecule has 120 valence electrons. The molecule has 2 N–H and O–H groups in total. The number of nitrogens with zero attached hydrogens (tertiary/aromatic N) is 1. The van der Waals surface area contributed by atoms with Gasteiger partial charge in [-0.25, -0.2) is 8.42 Å². The fourth-order valence-corrected chi connectivity index (χ4v) is 4.60. The van der Waals surface area contributed by atoms with Crippen LogP contribution in [0, 0.1) is 6.92 Å². The van der Waals surface area contributed by atoms with E-state index in [0.29, 0.717) is 29.3 Å². The predicted octanol–water partition coefficient (Wildman–Crippen LogP) is 1.93. The summed E-state index contributed by atoms with van der Waals surface area (Å²) in [7, 11) is -1.91. The monoisotopic (exact) mass is 334 g/mol. The van der Waals surface area contributed by atoms with Crippen LogP contribution in [0.4, 0.5) is 0 Å². The van der Waals surface area contributed by atoms with Crippen molar-refractivity contribution in [1.82, 2.24) is 4.31 Å². The van der Waals surface area contributed by atoms with Gasteiger partial charge < -0.3 is 10.5 Å². The van der Waals surface area contributed by atoms with Crippen LogP contribution in [-0.2, 0) is 10.0 Å². The van der Waals surface area contributed by atoms with E-state index in [4.69, 9.17) is 10.5 Å². The zero-order chi connectivity index (χ0) is 14.8. The van der Waals surface area contributed by atoms with Crippen LogP contribution in [0.3, 0.4) is 0 Å². The molecule has 2 rings (SSSR count). The first kappa shape index (κ1) is 18.2. The zero-order valence-electron chi connectivity index (χ0n) is 12.4. The molecule has 0 spiro atoms. The Hall–Kier alpha value is -0.820. The molecular weight excluding hydrogens is 312 g/mol. The number of sulfonamides is 1. The number of hydrogen-bond donors (Lipinski definition) is 1. The SMILES string of the molecule is COc1ccc(S(=O)(=O)N2CCCCC2CN)c(C)c1.Cl. The Morgan fingerprint density at radius 2 is 2.10 bits per heavy atom. The Bertz CT molecular complexity index is 578. The van der Waals surface area contributed by atoms with Crippen molar-refractivity contribution in [2.45, 2.75) is 37.1 Å². The number of hydrogen-bond acceptors (Lipinski definition) is 4. The van der Waals surface area contributed by atoms with Gasteiger partial charge in [0.05, 0.1) is 12.0 Å². The molecule has 1 aliphatic heterocycles. The van der Waals surface area contributed by atoms with Gasteiger partial charge in [0.25, 0.3) is 0 Å². The fraction of sp³-hybridized carbons (Fsp3) is 0.571. The number of benzene rings is 1. The Morgan fingerprint density at radius 3 is 2.67 bits per heavy atom. The summed E-state index contributed by atoms with van der Waals surface area (Å²) in [6.45, 7) is 2.71. The van der Waals surface area contributed by atoms with Crippen LogP contribution in [0.5, 0.6) is 5.75 Å². The van der Waals surface area contributed by atoms with E-state index < -0.39 is 10.0 Å². The standard InChI is InChI=1S/C14H22N2O3S.ClH/c1-11-9-13(19-2)6-7-14(11)20(17,18)16-8-4-3-5-12(16)10-15;/h6-7,9,12H,3-5,8,10,15H2,1-2H3;1H. The maximum absolute atomic E-state index is 12.8. The highest BCUT2D eigenvalue weighted by Crippen LogP contribution is 2.28. The molecule has 0 aliphatic carbocycles. The molecule has 0 radical (unpaired) electrons. The lowest BCUT2D eigenvalue weighted by atomic mass is 10.1. The van der Waals surface area contributed by atoms with E-state index in [9.17, 15) is 8.42 Å². The highest BCUT2D eigenvalue weighted by Gasteiger charge is 2.33. The lowest BCUT2D eigenvalue weighted by Gasteiger charge is -2.34. The molecule has 1 aliphatic rings. The van der Waals surface area contributed by atoms with Crippen LogP contribution in [0.2, 0.25) is 0 Å². The topological polar surface area (TPSA) is 72.6 Å². The first-order chi connectivity index (χ1) is 9.50. The fourth-order valence-electron chi connectivity index (χ4n) is 2.69. The molecule has 7 heteroatoms. The third-order valence-electron chi connectivity index (χ3n) is 3.81. The van der Waals surface area contributed by atoms with E-state index in [2.05, 4.69) is 0 Å². The van der Waals surface area contributed by atoms with Gasteiger partial charge in [0, 0.05) is 19.1 Å². The van der Waals surface area contributed by atoms with Crippen molar-refractivity contribution in [3.63, 3.8) is 0 Å². The Kier molecular flexibility index (Phi) is 6.46. The lowest BCUT2D eigenvalue weighted by Crippen LogP contribution is -2.47. The summed E-state index contributed by atoms with van der Waals surface area (Å²) < 4.78 is 32.3. The number of rotatable bonds is 4. The molecule has 0 aromatic heterocycles. The molecule has 1 heterocycles. The molecule has 0 bridgehead atoms. The molecule has 5 nitrogen and oxygen atoms in total. The van der Waals surface area contributed by atoms with E-state index in [1.807, 2.05) is 0 Å². The van der Waals surface area contributed by atoms with Crippen LogP contribution in [0.25, 0.3) is 0 Å². The number of nitrogens with two attached hydrogens (primary N) is 1. The van der Waals surface area contributed by atoms with Gasteiger partial charge in [-0.05, 0) is 43.5 Å². The van der Waals surface area contributed by atoms with Crippen molar-refractivity contribution < 1.29 is 13.2 Å². The second kappa shape index (κ2) is 7.45. The molecule has 1 fully saturated rings. The second-order valence-corrected chi connectivity index (χ2v) is 6.99. The van der Waals surface area contributed by atoms with Crippen molar-refractivity contribution in [2.24, 2.45) is 5.73 Å². The summed E-state index contributed by atoms with van der Waals surface area (Å²) >= 11 is 0. The number of halogens is 1. The van der Waals surface area contributed by atoms with Crippen LogP contribution in [-0.4, -0.2) is 39.0 Å². The van der Waals surface area contributed by atoms with Crippen molar-refractivity contribution >= 4 is 22.4 Å². The summed E-state index contributed by atoms with van der Waals surface area (Å²) in [4.78, 5) is 0.346. The van der Waals surface area contributed by atoms with Gasteiger partial charge >= 0.3 is 0 Å². The van der Waals surface area contributed by atoms with Crippen LogP contribution in [0.15, 0.2) is 23.1 Å². The molecule has 1 unspecified atom stereocenters. The van der Waals surface area contributed by atoms with Gasteiger partial charge in [-0.2, -0.15) is 4.31 Å². The molecule has 1 aromatic carbocycles. The third kappa shape index (κ3) is 3.69. The minimum atomic E-state index is -3.48.